The maximum absolute atomic E-state index is 13.0. The van der Waals surface area contributed by atoms with Crippen LogP contribution in [0.15, 0.2) is 195 Å². The van der Waals surface area contributed by atoms with Crippen molar-refractivity contribution in [3.05, 3.63) is 218 Å². The molecule has 0 unspecified atom stereocenters. The smallest absolute Gasteiger partial charge is 0.431 e. The van der Waals surface area contributed by atoms with E-state index < -0.39 is 113 Å². The third-order valence-corrected chi connectivity index (χ3v) is 26.2. The second-order valence-corrected chi connectivity index (χ2v) is 34.4. The van der Waals surface area contributed by atoms with Crippen molar-refractivity contribution in [2.45, 2.75) is 26.2 Å². The van der Waals surface area contributed by atoms with Crippen LogP contribution in [0.1, 0.15) is 41.4 Å². The molecule has 0 saturated carbocycles. The maximum atomic E-state index is 13.0. The summed E-state index contributed by atoms with van der Waals surface area (Å²) >= 11 is 0. The van der Waals surface area contributed by atoms with E-state index >= 15 is 0 Å². The van der Waals surface area contributed by atoms with E-state index in [9.17, 15) is 38.4 Å². The second kappa shape index (κ2) is 29.0. The van der Waals surface area contributed by atoms with Crippen LogP contribution in [0.5, 0.6) is 0 Å². The summed E-state index contributed by atoms with van der Waals surface area (Å²) in [6, 6.07) is 24.4. The Morgan fingerprint density at radius 3 is 0.617 bits per heavy atom. The fourth-order valence-corrected chi connectivity index (χ4v) is 12.9. The van der Waals surface area contributed by atoms with Crippen molar-refractivity contribution >= 4 is 102 Å². The first kappa shape index (κ1) is 64.2. The van der Waals surface area contributed by atoms with E-state index in [1.54, 1.807) is 94.1 Å². The van der Waals surface area contributed by atoms with Crippen molar-refractivity contribution in [1.82, 2.24) is 0 Å². The molecule has 4 aromatic carbocycles. The minimum atomic E-state index is -2.31. The molecule has 4 rings (SSSR count). The Balaban J connectivity index is 1.58. The second-order valence-electron chi connectivity index (χ2n) is 18.5. The molecular weight excluding hydrogens is 1120 g/mol. The fourth-order valence-electron chi connectivity index (χ4n) is 6.81. The summed E-state index contributed by atoms with van der Waals surface area (Å²) in [6.45, 7) is 34.2. The van der Waals surface area contributed by atoms with E-state index in [-0.39, 0.29) is 22.3 Å². The van der Waals surface area contributed by atoms with Crippen LogP contribution in [0.2, 0.25) is 26.2 Å². The molecule has 0 aliphatic rings. The first-order valence-electron chi connectivity index (χ1n) is 24.2. The summed E-state index contributed by atoms with van der Waals surface area (Å²) in [4.78, 5) is 141. The van der Waals surface area contributed by atoms with Gasteiger partial charge in [-0.15, -0.1) is 52.6 Å². The van der Waals surface area contributed by atoms with Crippen molar-refractivity contribution in [2.24, 2.45) is 5.41 Å². The van der Waals surface area contributed by atoms with E-state index in [2.05, 4.69) is 91.7 Å². The zero-order valence-electron chi connectivity index (χ0n) is 45.0. The molecule has 0 radical (unpaired) electrons. The molecule has 0 amide bonds. The van der Waals surface area contributed by atoms with Crippen LogP contribution >= 0.6 is 0 Å². The van der Waals surface area contributed by atoms with Gasteiger partial charge in [-0.3, -0.25) is 0 Å². The zero-order chi connectivity index (χ0) is 60.0. The van der Waals surface area contributed by atoms with Gasteiger partial charge in [0.1, 0.15) is 64.1 Å². The molecule has 0 saturated heterocycles. The number of ether oxygens (including phenoxy) is 4. The van der Waals surface area contributed by atoms with Gasteiger partial charge in [0.25, 0.3) is 0 Å². The summed E-state index contributed by atoms with van der Waals surface area (Å²) in [5.41, 5.74) is 11.7. The quantitative estimate of drug-likeness (QED) is 0.0209. The van der Waals surface area contributed by atoms with Gasteiger partial charge in [0.15, 0.2) is 0 Å². The molecule has 20 nitrogen and oxygen atoms in total. The van der Waals surface area contributed by atoms with Crippen LogP contribution in [0.25, 0.3) is 0 Å². The molecule has 0 aliphatic heterocycles. The van der Waals surface area contributed by atoms with Crippen molar-refractivity contribution in [2.75, 3.05) is 26.4 Å². The summed E-state index contributed by atoms with van der Waals surface area (Å²) < 4.78 is 20.7. The van der Waals surface area contributed by atoms with Crippen molar-refractivity contribution < 1.29 is 96.4 Å². The Bertz CT molecular complexity index is 2600. The van der Waals surface area contributed by atoms with Gasteiger partial charge in [-0.2, -0.15) is 19.2 Å². The Morgan fingerprint density at radius 1 is 0.309 bits per heavy atom. The van der Waals surface area contributed by atoms with Crippen LogP contribution in [0.4, 0.5) is 19.2 Å². The zero-order valence-corrected chi connectivity index (χ0v) is 49.0. The minimum Gasteiger partial charge on any atom is -0.431 e. The molecule has 4 aromatic rings. The van der Waals surface area contributed by atoms with Crippen LogP contribution in [0.3, 0.4) is 0 Å². The third-order valence-electron chi connectivity index (χ3n) is 13.1. The normalized spacial score (nSPS) is 11.2. The van der Waals surface area contributed by atoms with Crippen molar-refractivity contribution in [1.29, 1.82) is 0 Å². The van der Waals surface area contributed by atoms with Gasteiger partial charge >= 0.3 is 48.5 Å². The van der Waals surface area contributed by atoms with Crippen LogP contribution in [-0.4, -0.2) is 107 Å². The number of carbonyl (C=O) groups is 8. The average Bonchev–Trinajstić information content (AvgIpc) is 3.51. The van der Waals surface area contributed by atoms with E-state index in [4.69, 9.17) is 18.9 Å². The number of rotatable bonds is 24. The Hall–Kier alpha value is -9.37. The lowest BCUT2D eigenvalue weighted by molar-refractivity contribution is -0.223. The summed E-state index contributed by atoms with van der Waals surface area (Å²) in [7, 11) is -9.06. The highest BCUT2D eigenvalue weighted by molar-refractivity contribution is 7.00. The molecule has 0 N–H and O–H groups in total. The van der Waals surface area contributed by atoms with Gasteiger partial charge < -0.3 is 18.9 Å². The Morgan fingerprint density at radius 2 is 0.469 bits per heavy atom. The van der Waals surface area contributed by atoms with Crippen LogP contribution < -0.4 is 20.7 Å². The molecule has 24 heteroatoms. The molecule has 0 fully saturated rings. The number of hydrogen-bond acceptors (Lipinski definition) is 20. The van der Waals surface area contributed by atoms with E-state index in [0.717, 1.165) is 20.7 Å². The van der Waals surface area contributed by atoms with Crippen molar-refractivity contribution in [3.8, 4) is 0 Å². The third kappa shape index (κ3) is 17.3. The largest absolute Gasteiger partial charge is 0.549 e. The number of hydrogen-bond donors (Lipinski definition) is 0. The number of carbonyl (C=O) groups excluding carboxylic acids is 8. The predicted octanol–water partition coefficient (Wildman–Crippen LogP) is 8.62. The lowest BCUT2D eigenvalue weighted by Crippen LogP contribution is -2.44. The van der Waals surface area contributed by atoms with E-state index in [1.165, 1.54) is 48.5 Å². The van der Waals surface area contributed by atoms with Gasteiger partial charge in [-0.05, 0) is 48.5 Å². The monoisotopic (exact) mass is 1180 g/mol. The fraction of sp³-hybridized carbons (Fsp3) is 0.158. The molecule has 0 spiro atoms. The highest BCUT2D eigenvalue weighted by Crippen LogP contribution is 2.24. The lowest BCUT2D eigenvalue weighted by Gasteiger charge is -2.30. The van der Waals surface area contributed by atoms with Crippen LogP contribution in [0, 0.1) is 5.41 Å². The molecule has 424 valence electrons. The van der Waals surface area contributed by atoms with Gasteiger partial charge in [0.2, 0.25) is 0 Å². The molecule has 81 heavy (non-hydrogen) atoms. The maximum Gasteiger partial charge on any atom is 0.549 e. The molecule has 0 atom stereocenters. The van der Waals surface area contributed by atoms with Crippen molar-refractivity contribution in [3.63, 3.8) is 0 Å². The van der Waals surface area contributed by atoms with E-state index in [1.807, 2.05) is 26.2 Å². The minimum absolute atomic E-state index is 0.0515. The molecule has 0 bridgehead atoms. The van der Waals surface area contributed by atoms with Gasteiger partial charge in [-0.1, -0.05) is 141 Å². The first-order valence-corrected chi connectivity index (χ1v) is 34.8. The van der Waals surface area contributed by atoms with E-state index in [0.29, 0.717) is 0 Å². The summed E-state index contributed by atoms with van der Waals surface area (Å²) in [6.07, 6.45) is -6.92. The summed E-state index contributed by atoms with van der Waals surface area (Å²) in [5.74, 6) is -4.59. The topological polar surface area (TPSA) is 247 Å². The van der Waals surface area contributed by atoms with Gasteiger partial charge in [0.05, 0.1) is 22.3 Å². The highest BCUT2D eigenvalue weighted by Gasteiger charge is 2.40. The SMILES string of the molecule is C=C[Si](C)(C=C)c1ccc(C(=O)OOC(=O)OCC(COC(=O)OOC(=O)c2ccc([Si](C)(C=C)C=C)cc2)(COC(=O)OOC(=O)c2ccc([Si](C)(C=C)C=C)cc2)COC(=O)OOC(=O)c2ccc([Si](C)(C=C)C=C)cc2)cc1. The Labute approximate surface area is 471 Å². The molecule has 0 heterocycles. The number of benzene rings is 4. The van der Waals surface area contributed by atoms with Crippen LogP contribution in [-0.2, 0) is 58.0 Å². The highest BCUT2D eigenvalue weighted by atomic mass is 28.3. The Kier molecular flexibility index (Phi) is 23.0. The standard InChI is InChI=1S/C57H60O20Si4/c1-13-78(9,14-2)45-29-21-41(22-30-45)49(58)70-74-53(62)66-37-57(38-67-54(63)75-71-50(59)42-23-31-46(32-24-42)79(10,15-3)16-4,39-68-55(64)76-72-51(60)43-25-33-47(34-26-43)80(11,17-5)18-6)40-69-56(65)77-73-52(61)44-27-35-48(36-28-44)81(12,19-7)20-8/h13-36H,1-8,37-40H2,9-12H3. The first-order chi connectivity index (χ1) is 38.4. The molecule has 0 aliphatic carbocycles. The lowest BCUT2D eigenvalue weighted by atomic mass is 9.92. The van der Waals surface area contributed by atoms with Gasteiger partial charge in [0, 0.05) is 0 Å². The molecule has 0 aromatic heterocycles. The summed E-state index contributed by atoms with van der Waals surface area (Å²) in [5, 5.41) is 3.41. The molecular formula is C57H60O20Si4. The van der Waals surface area contributed by atoms with Gasteiger partial charge in [-0.25, -0.2) is 58.3 Å². The average molecular weight is 1180 g/mol. The predicted molar refractivity (Wildman–Crippen MR) is 306 cm³/mol.